The van der Waals surface area contributed by atoms with Crippen LogP contribution < -0.4 is 10.1 Å². The number of amides is 1. The molecule has 1 amide bonds. The van der Waals surface area contributed by atoms with E-state index in [0.29, 0.717) is 12.4 Å². The summed E-state index contributed by atoms with van der Waals surface area (Å²) in [5, 5.41) is 2.88. The maximum Gasteiger partial charge on any atom is 0.244 e. The summed E-state index contributed by atoms with van der Waals surface area (Å²) in [6.07, 6.45) is 8.90. The fraction of sp³-hybridized carbons (Fsp3) is 0.143. The third-order valence-corrected chi connectivity index (χ3v) is 4.23. The Hall–Kier alpha value is -3.54. The number of hydrogen-bond donors (Lipinski definition) is 1. The molecule has 4 rings (SSSR count). The Morgan fingerprint density at radius 1 is 1.07 bits per heavy atom. The van der Waals surface area contributed by atoms with Gasteiger partial charge in [0.2, 0.25) is 5.91 Å². The molecular weight excluding hydrogens is 340 g/mol. The Morgan fingerprint density at radius 3 is 2.74 bits per heavy atom. The molecule has 27 heavy (non-hydrogen) atoms. The fourth-order valence-corrected chi connectivity index (χ4v) is 2.98. The summed E-state index contributed by atoms with van der Waals surface area (Å²) in [4.78, 5) is 24.8. The van der Waals surface area contributed by atoms with Gasteiger partial charge in [-0.05, 0) is 35.9 Å². The second-order valence-corrected chi connectivity index (χ2v) is 6.14. The van der Waals surface area contributed by atoms with E-state index in [0.717, 1.165) is 29.0 Å². The lowest BCUT2D eigenvalue weighted by Crippen LogP contribution is -2.33. The number of para-hydroxylation sites is 1. The van der Waals surface area contributed by atoms with Crippen molar-refractivity contribution >= 4 is 12.0 Å². The molecule has 1 atom stereocenters. The first-order chi connectivity index (χ1) is 13.3. The number of ether oxygens (including phenoxy) is 1. The van der Waals surface area contributed by atoms with Crippen LogP contribution in [0.15, 0.2) is 67.1 Å². The normalized spacial score (nSPS) is 15.3. The molecule has 134 valence electrons. The monoisotopic (exact) mass is 358 g/mol. The van der Waals surface area contributed by atoms with Crippen molar-refractivity contribution in [1.82, 2.24) is 20.3 Å². The van der Waals surface area contributed by atoms with Crippen molar-refractivity contribution in [3.8, 4) is 17.1 Å². The Morgan fingerprint density at radius 2 is 1.93 bits per heavy atom. The molecule has 0 spiro atoms. The number of hydrogen-bond acceptors (Lipinski definition) is 5. The van der Waals surface area contributed by atoms with Crippen LogP contribution in [0.3, 0.4) is 0 Å². The molecule has 3 aromatic rings. The molecule has 0 bridgehead atoms. The first-order valence-corrected chi connectivity index (χ1v) is 8.72. The number of nitrogens with one attached hydrogen (secondary N) is 1. The van der Waals surface area contributed by atoms with Gasteiger partial charge in [0.15, 0.2) is 5.82 Å². The lowest BCUT2D eigenvalue weighted by Gasteiger charge is -2.12. The third kappa shape index (κ3) is 4.00. The van der Waals surface area contributed by atoms with Crippen molar-refractivity contribution in [3.63, 3.8) is 0 Å². The van der Waals surface area contributed by atoms with Gasteiger partial charge in [-0.25, -0.2) is 9.97 Å². The van der Waals surface area contributed by atoms with Gasteiger partial charge in [0.1, 0.15) is 11.9 Å². The number of pyridine rings is 1. The zero-order valence-electron chi connectivity index (χ0n) is 14.6. The highest BCUT2D eigenvalue weighted by Crippen LogP contribution is 2.37. The molecule has 0 fully saturated rings. The molecule has 0 saturated heterocycles. The second-order valence-electron chi connectivity index (χ2n) is 6.14. The van der Waals surface area contributed by atoms with Gasteiger partial charge in [0.05, 0.1) is 17.8 Å². The maximum absolute atomic E-state index is 12.0. The first kappa shape index (κ1) is 16.9. The van der Waals surface area contributed by atoms with Gasteiger partial charge in [0.25, 0.3) is 0 Å². The van der Waals surface area contributed by atoms with Crippen molar-refractivity contribution < 1.29 is 9.53 Å². The number of fused-ring (bicyclic) bond motifs is 1. The molecule has 1 unspecified atom stereocenters. The molecule has 0 saturated carbocycles. The summed E-state index contributed by atoms with van der Waals surface area (Å²) in [5.74, 6) is 1.26. The number of carbonyl (C=O) groups excluding carboxylic acids is 1. The summed E-state index contributed by atoms with van der Waals surface area (Å²) in [6, 6.07) is 13.3. The van der Waals surface area contributed by atoms with E-state index in [2.05, 4.69) is 20.3 Å². The zero-order chi connectivity index (χ0) is 18.5. The van der Waals surface area contributed by atoms with Crippen LogP contribution in [0.5, 0.6) is 5.75 Å². The van der Waals surface area contributed by atoms with Gasteiger partial charge in [-0.1, -0.05) is 18.2 Å². The molecule has 2 aromatic heterocycles. The quantitative estimate of drug-likeness (QED) is 0.710. The van der Waals surface area contributed by atoms with Crippen molar-refractivity contribution in [2.45, 2.75) is 12.5 Å². The number of benzene rings is 1. The van der Waals surface area contributed by atoms with E-state index in [4.69, 9.17) is 4.74 Å². The summed E-state index contributed by atoms with van der Waals surface area (Å²) >= 11 is 0. The second kappa shape index (κ2) is 7.78. The van der Waals surface area contributed by atoms with Crippen LogP contribution in [0.2, 0.25) is 0 Å². The Kier molecular flexibility index (Phi) is 4.87. The molecule has 6 heteroatoms. The Labute approximate surface area is 157 Å². The van der Waals surface area contributed by atoms with Crippen LogP contribution in [0.1, 0.15) is 11.3 Å². The van der Waals surface area contributed by atoms with Crippen LogP contribution in [-0.2, 0) is 11.2 Å². The Bertz CT molecular complexity index is 958. The van der Waals surface area contributed by atoms with Gasteiger partial charge < -0.3 is 10.1 Å². The minimum Gasteiger partial charge on any atom is -0.487 e. The van der Waals surface area contributed by atoms with Crippen LogP contribution >= 0.6 is 0 Å². The van der Waals surface area contributed by atoms with Crippen LogP contribution in [0.4, 0.5) is 0 Å². The van der Waals surface area contributed by atoms with E-state index in [1.165, 1.54) is 6.08 Å². The average molecular weight is 358 g/mol. The summed E-state index contributed by atoms with van der Waals surface area (Å²) in [6.45, 7) is 0.426. The minimum absolute atomic E-state index is 0.114. The molecule has 0 radical (unpaired) electrons. The molecule has 6 nitrogen and oxygen atoms in total. The van der Waals surface area contributed by atoms with E-state index in [1.807, 2.05) is 36.4 Å². The first-order valence-electron chi connectivity index (χ1n) is 8.72. The van der Waals surface area contributed by atoms with Crippen LogP contribution in [-0.4, -0.2) is 33.5 Å². The van der Waals surface area contributed by atoms with Crippen molar-refractivity contribution in [1.29, 1.82) is 0 Å². The smallest absolute Gasteiger partial charge is 0.244 e. The molecule has 1 N–H and O–H groups in total. The highest BCUT2D eigenvalue weighted by Gasteiger charge is 2.26. The predicted molar refractivity (Wildman–Crippen MR) is 102 cm³/mol. The molecule has 3 heterocycles. The number of rotatable bonds is 5. The van der Waals surface area contributed by atoms with Crippen molar-refractivity contribution in [2.75, 3.05) is 6.54 Å². The van der Waals surface area contributed by atoms with Gasteiger partial charge in [-0.2, -0.15) is 0 Å². The molecule has 1 aromatic carbocycles. The largest absolute Gasteiger partial charge is 0.487 e. The fourth-order valence-electron chi connectivity index (χ4n) is 2.98. The van der Waals surface area contributed by atoms with E-state index < -0.39 is 0 Å². The van der Waals surface area contributed by atoms with E-state index >= 15 is 0 Å². The van der Waals surface area contributed by atoms with E-state index in [1.54, 1.807) is 30.7 Å². The minimum atomic E-state index is -0.174. The topological polar surface area (TPSA) is 77.0 Å². The van der Waals surface area contributed by atoms with E-state index in [9.17, 15) is 4.79 Å². The third-order valence-electron chi connectivity index (χ3n) is 4.23. The molecule has 0 aliphatic carbocycles. The lowest BCUT2D eigenvalue weighted by atomic mass is 10.1. The van der Waals surface area contributed by atoms with Crippen LogP contribution in [0, 0.1) is 0 Å². The highest BCUT2D eigenvalue weighted by molar-refractivity contribution is 5.91. The van der Waals surface area contributed by atoms with Crippen molar-refractivity contribution in [2.24, 2.45) is 0 Å². The molecular formula is C21H18N4O2. The summed E-state index contributed by atoms with van der Waals surface area (Å²) in [5.41, 5.74) is 2.71. The summed E-state index contributed by atoms with van der Waals surface area (Å²) < 4.78 is 6.07. The number of aromatic nitrogens is 3. The Balaban J connectivity index is 1.38. The van der Waals surface area contributed by atoms with Gasteiger partial charge in [-0.15, -0.1) is 0 Å². The SMILES string of the molecule is O=C(C=Cc1ccccn1)NCC1Cc2cccc(-c3ncccn3)c2O1. The van der Waals surface area contributed by atoms with Gasteiger partial charge in [0, 0.05) is 31.1 Å². The van der Waals surface area contributed by atoms with Crippen molar-refractivity contribution in [3.05, 3.63) is 78.4 Å². The molecule has 1 aliphatic rings. The standard InChI is InChI=1S/C21H18N4O2/c26-19(9-8-16-6-1-2-10-22-16)25-14-17-13-15-5-3-7-18(20(15)27-17)21-23-11-4-12-24-21/h1-12,17H,13-14H2,(H,25,26). The zero-order valence-corrected chi connectivity index (χ0v) is 14.6. The van der Waals surface area contributed by atoms with Crippen LogP contribution in [0.25, 0.3) is 17.5 Å². The van der Waals surface area contributed by atoms with Gasteiger partial charge in [-0.3, -0.25) is 9.78 Å². The summed E-state index contributed by atoms with van der Waals surface area (Å²) in [7, 11) is 0. The molecule has 1 aliphatic heterocycles. The van der Waals surface area contributed by atoms with Gasteiger partial charge >= 0.3 is 0 Å². The predicted octanol–water partition coefficient (Wildman–Crippen LogP) is 2.67. The highest BCUT2D eigenvalue weighted by atomic mass is 16.5. The number of nitrogens with zero attached hydrogens (tertiary/aromatic N) is 3. The lowest BCUT2D eigenvalue weighted by molar-refractivity contribution is -0.116. The number of carbonyl (C=O) groups is 1. The maximum atomic E-state index is 12.0. The van der Waals surface area contributed by atoms with E-state index in [-0.39, 0.29) is 12.0 Å². The average Bonchev–Trinajstić information content (AvgIpc) is 3.15.